The summed E-state index contributed by atoms with van der Waals surface area (Å²) in [6, 6.07) is 12.7. The van der Waals surface area contributed by atoms with Gasteiger partial charge in [-0.3, -0.25) is 4.90 Å². The zero-order chi connectivity index (χ0) is 12.8. The van der Waals surface area contributed by atoms with Crippen LogP contribution in [0.4, 0.5) is 0 Å². The molecule has 0 bridgehead atoms. The third-order valence-electron chi connectivity index (χ3n) is 3.96. The SMILES string of the molecule is N#CCC1(CO)CCN(Cc2ccccc2)CC1. The molecule has 3 heteroatoms. The molecule has 1 aliphatic heterocycles. The molecular formula is C15H20N2O. The summed E-state index contributed by atoms with van der Waals surface area (Å²) >= 11 is 0. The lowest BCUT2D eigenvalue weighted by Gasteiger charge is -2.39. The average molecular weight is 244 g/mol. The van der Waals surface area contributed by atoms with E-state index in [-0.39, 0.29) is 12.0 Å². The van der Waals surface area contributed by atoms with Gasteiger partial charge in [0, 0.05) is 25.0 Å². The first kappa shape index (κ1) is 13.1. The van der Waals surface area contributed by atoms with Gasteiger partial charge in [0.05, 0.1) is 6.07 Å². The minimum Gasteiger partial charge on any atom is -0.396 e. The molecule has 96 valence electrons. The lowest BCUT2D eigenvalue weighted by Crippen LogP contribution is -2.41. The van der Waals surface area contributed by atoms with Crippen molar-refractivity contribution in [2.45, 2.75) is 25.8 Å². The Labute approximate surface area is 109 Å². The molecule has 1 N–H and O–H groups in total. The van der Waals surface area contributed by atoms with Crippen molar-refractivity contribution in [2.75, 3.05) is 19.7 Å². The van der Waals surface area contributed by atoms with Crippen LogP contribution in [0.1, 0.15) is 24.8 Å². The standard InChI is InChI=1S/C15H20N2O/c16-9-6-15(13-18)7-10-17(11-8-15)12-14-4-2-1-3-5-14/h1-5,18H,6-8,10-13H2. The Morgan fingerprint density at radius 2 is 1.89 bits per heavy atom. The van der Waals surface area contributed by atoms with Crippen molar-refractivity contribution in [3.8, 4) is 6.07 Å². The molecule has 2 rings (SSSR count). The van der Waals surface area contributed by atoms with Crippen molar-refractivity contribution in [3.05, 3.63) is 35.9 Å². The zero-order valence-corrected chi connectivity index (χ0v) is 10.7. The van der Waals surface area contributed by atoms with E-state index in [1.807, 2.05) is 6.07 Å². The summed E-state index contributed by atoms with van der Waals surface area (Å²) in [5.41, 5.74) is 1.18. The highest BCUT2D eigenvalue weighted by molar-refractivity contribution is 5.14. The smallest absolute Gasteiger partial charge is 0.0628 e. The number of hydrogen-bond donors (Lipinski definition) is 1. The molecule has 1 aromatic rings. The van der Waals surface area contributed by atoms with Gasteiger partial charge >= 0.3 is 0 Å². The number of aliphatic hydroxyl groups excluding tert-OH is 1. The van der Waals surface area contributed by atoms with Crippen molar-refractivity contribution < 1.29 is 5.11 Å². The molecule has 0 spiro atoms. The van der Waals surface area contributed by atoms with Crippen LogP contribution in [-0.2, 0) is 6.54 Å². The molecule has 18 heavy (non-hydrogen) atoms. The van der Waals surface area contributed by atoms with Gasteiger partial charge in [-0.2, -0.15) is 5.26 Å². The van der Waals surface area contributed by atoms with Gasteiger partial charge in [0.25, 0.3) is 0 Å². The van der Waals surface area contributed by atoms with Gasteiger partial charge in [0.15, 0.2) is 0 Å². The van der Waals surface area contributed by atoms with Gasteiger partial charge in [-0.1, -0.05) is 30.3 Å². The van der Waals surface area contributed by atoms with E-state index in [0.29, 0.717) is 6.42 Å². The maximum Gasteiger partial charge on any atom is 0.0628 e. The van der Waals surface area contributed by atoms with Gasteiger partial charge in [0.1, 0.15) is 0 Å². The fraction of sp³-hybridized carbons (Fsp3) is 0.533. The first-order valence-electron chi connectivity index (χ1n) is 6.52. The molecule has 0 amide bonds. The molecule has 1 saturated heterocycles. The van der Waals surface area contributed by atoms with E-state index in [0.717, 1.165) is 32.5 Å². The Morgan fingerprint density at radius 3 is 2.44 bits per heavy atom. The number of piperidine rings is 1. The lowest BCUT2D eigenvalue weighted by molar-refractivity contribution is 0.0447. The summed E-state index contributed by atoms with van der Waals surface area (Å²) < 4.78 is 0. The summed E-state index contributed by atoms with van der Waals surface area (Å²) in [7, 11) is 0. The number of nitriles is 1. The van der Waals surface area contributed by atoms with Crippen molar-refractivity contribution >= 4 is 0 Å². The Hall–Kier alpha value is -1.37. The predicted molar refractivity (Wildman–Crippen MR) is 70.7 cm³/mol. The number of benzene rings is 1. The maximum atomic E-state index is 9.48. The van der Waals surface area contributed by atoms with Crippen LogP contribution in [0, 0.1) is 16.7 Å². The number of rotatable bonds is 4. The molecule has 3 nitrogen and oxygen atoms in total. The molecule has 0 radical (unpaired) electrons. The molecule has 1 aromatic carbocycles. The second-order valence-electron chi connectivity index (χ2n) is 5.25. The second-order valence-corrected chi connectivity index (χ2v) is 5.25. The third kappa shape index (κ3) is 3.10. The van der Waals surface area contributed by atoms with Crippen LogP contribution in [0.3, 0.4) is 0 Å². The average Bonchev–Trinajstić information content (AvgIpc) is 2.43. The first-order valence-corrected chi connectivity index (χ1v) is 6.52. The van der Waals surface area contributed by atoms with E-state index < -0.39 is 0 Å². The molecule has 0 unspecified atom stereocenters. The zero-order valence-electron chi connectivity index (χ0n) is 10.7. The molecule has 1 fully saturated rings. The van der Waals surface area contributed by atoms with Crippen molar-refractivity contribution in [3.63, 3.8) is 0 Å². The van der Waals surface area contributed by atoms with Crippen molar-refractivity contribution in [1.29, 1.82) is 5.26 Å². The molecule has 0 aromatic heterocycles. The van der Waals surface area contributed by atoms with Gasteiger partial charge in [0.2, 0.25) is 0 Å². The Balaban J connectivity index is 1.89. The highest BCUT2D eigenvalue weighted by Crippen LogP contribution is 2.34. The number of likely N-dealkylation sites (tertiary alicyclic amines) is 1. The Bertz CT molecular complexity index is 402. The minimum atomic E-state index is -0.151. The highest BCUT2D eigenvalue weighted by Gasteiger charge is 2.33. The number of hydrogen-bond acceptors (Lipinski definition) is 3. The van der Waals surface area contributed by atoms with Crippen LogP contribution in [0.15, 0.2) is 30.3 Å². The van der Waals surface area contributed by atoms with E-state index >= 15 is 0 Å². The normalized spacial score (nSPS) is 19.3. The van der Waals surface area contributed by atoms with Crippen LogP contribution in [0.5, 0.6) is 0 Å². The van der Waals surface area contributed by atoms with Crippen molar-refractivity contribution in [2.24, 2.45) is 5.41 Å². The maximum absolute atomic E-state index is 9.48. The quantitative estimate of drug-likeness (QED) is 0.883. The molecular weight excluding hydrogens is 224 g/mol. The van der Waals surface area contributed by atoms with E-state index in [2.05, 4.69) is 35.2 Å². The fourth-order valence-corrected chi connectivity index (χ4v) is 2.59. The first-order chi connectivity index (χ1) is 8.78. The number of nitrogens with zero attached hydrogens (tertiary/aromatic N) is 2. The number of aliphatic hydroxyl groups is 1. The van der Waals surface area contributed by atoms with Crippen LogP contribution < -0.4 is 0 Å². The van der Waals surface area contributed by atoms with Gasteiger partial charge < -0.3 is 5.11 Å². The Kier molecular flexibility index (Phi) is 4.35. The third-order valence-corrected chi connectivity index (χ3v) is 3.96. The summed E-state index contributed by atoms with van der Waals surface area (Å²) in [4.78, 5) is 2.40. The summed E-state index contributed by atoms with van der Waals surface area (Å²) in [6.07, 6.45) is 2.32. The Morgan fingerprint density at radius 1 is 1.22 bits per heavy atom. The second kappa shape index (κ2) is 5.99. The lowest BCUT2D eigenvalue weighted by atomic mass is 9.77. The summed E-state index contributed by atoms with van der Waals surface area (Å²) in [6.45, 7) is 3.04. The van der Waals surface area contributed by atoms with Gasteiger partial charge in [-0.05, 0) is 31.5 Å². The summed E-state index contributed by atoms with van der Waals surface area (Å²) in [5, 5.41) is 18.3. The van der Waals surface area contributed by atoms with E-state index in [9.17, 15) is 5.11 Å². The van der Waals surface area contributed by atoms with Gasteiger partial charge in [-0.15, -0.1) is 0 Å². The van der Waals surface area contributed by atoms with Gasteiger partial charge in [-0.25, -0.2) is 0 Å². The van der Waals surface area contributed by atoms with Crippen LogP contribution in [0.25, 0.3) is 0 Å². The minimum absolute atomic E-state index is 0.139. The molecule has 1 heterocycles. The molecule has 0 aliphatic carbocycles. The van der Waals surface area contributed by atoms with Crippen molar-refractivity contribution in [1.82, 2.24) is 4.90 Å². The highest BCUT2D eigenvalue weighted by atomic mass is 16.3. The fourth-order valence-electron chi connectivity index (χ4n) is 2.59. The van der Waals surface area contributed by atoms with Crippen LogP contribution in [0.2, 0.25) is 0 Å². The largest absolute Gasteiger partial charge is 0.396 e. The molecule has 0 saturated carbocycles. The van der Waals surface area contributed by atoms with Crippen LogP contribution >= 0.6 is 0 Å². The molecule has 1 aliphatic rings. The van der Waals surface area contributed by atoms with E-state index in [1.165, 1.54) is 5.56 Å². The molecule has 0 atom stereocenters. The van der Waals surface area contributed by atoms with E-state index in [4.69, 9.17) is 5.26 Å². The van der Waals surface area contributed by atoms with Crippen LogP contribution in [-0.4, -0.2) is 29.7 Å². The predicted octanol–water partition coefficient (Wildman–Crippen LogP) is 2.17. The summed E-state index contributed by atoms with van der Waals surface area (Å²) in [5.74, 6) is 0. The topological polar surface area (TPSA) is 47.3 Å². The van der Waals surface area contributed by atoms with E-state index in [1.54, 1.807) is 0 Å². The monoisotopic (exact) mass is 244 g/mol.